The fourth-order valence-corrected chi connectivity index (χ4v) is 1.57. The molecule has 1 aromatic rings. The molecule has 3 nitrogen and oxygen atoms in total. The second kappa shape index (κ2) is 4.75. The number of halogens is 4. The first kappa shape index (κ1) is 13.5. The molecule has 92 valence electrons. The highest BCUT2D eigenvalue weighted by Gasteiger charge is 2.33. The van der Waals surface area contributed by atoms with Crippen molar-refractivity contribution >= 4 is 23.7 Å². The zero-order valence-corrected chi connectivity index (χ0v) is 9.22. The van der Waals surface area contributed by atoms with Crippen LogP contribution in [0.2, 0.25) is 5.02 Å². The SMILES string of the molecule is CC(=O)c1c(Cl)cc(C=O)cc1OC(F)(F)F. The maximum absolute atomic E-state index is 12.1. The summed E-state index contributed by atoms with van der Waals surface area (Å²) in [6, 6.07) is 1.90. The van der Waals surface area contributed by atoms with E-state index in [1.807, 2.05) is 0 Å². The van der Waals surface area contributed by atoms with Gasteiger partial charge in [0.25, 0.3) is 0 Å². The topological polar surface area (TPSA) is 43.4 Å². The molecule has 7 heteroatoms. The molecule has 0 saturated heterocycles. The molecular weight excluding hydrogens is 261 g/mol. The summed E-state index contributed by atoms with van der Waals surface area (Å²) in [4.78, 5) is 21.6. The Balaban J connectivity index is 3.37. The maximum atomic E-state index is 12.1. The molecule has 1 aromatic carbocycles. The quantitative estimate of drug-likeness (QED) is 0.623. The molecule has 0 N–H and O–H groups in total. The summed E-state index contributed by atoms with van der Waals surface area (Å²) in [7, 11) is 0. The number of alkyl halides is 3. The van der Waals surface area contributed by atoms with Crippen LogP contribution in [0.4, 0.5) is 13.2 Å². The molecule has 0 aliphatic rings. The standard InChI is InChI=1S/C10H6ClF3O3/c1-5(16)9-7(11)2-6(4-15)3-8(9)17-10(12,13)14/h2-4H,1H3. The van der Waals surface area contributed by atoms with E-state index in [9.17, 15) is 22.8 Å². The van der Waals surface area contributed by atoms with Crippen molar-refractivity contribution in [2.24, 2.45) is 0 Å². The Morgan fingerprint density at radius 1 is 1.41 bits per heavy atom. The second-order valence-electron chi connectivity index (χ2n) is 3.10. The second-order valence-corrected chi connectivity index (χ2v) is 3.50. The zero-order valence-electron chi connectivity index (χ0n) is 8.47. The van der Waals surface area contributed by atoms with Gasteiger partial charge in [0.2, 0.25) is 0 Å². The van der Waals surface area contributed by atoms with Crippen LogP contribution < -0.4 is 4.74 Å². The van der Waals surface area contributed by atoms with Gasteiger partial charge >= 0.3 is 6.36 Å². The lowest BCUT2D eigenvalue weighted by Gasteiger charge is -2.13. The summed E-state index contributed by atoms with van der Waals surface area (Å²) in [6.07, 6.45) is -4.66. The third-order valence-electron chi connectivity index (χ3n) is 1.79. The van der Waals surface area contributed by atoms with Crippen LogP contribution in [-0.2, 0) is 0 Å². The van der Waals surface area contributed by atoms with E-state index in [4.69, 9.17) is 11.6 Å². The van der Waals surface area contributed by atoms with E-state index in [2.05, 4.69) is 4.74 Å². The molecule has 1 rings (SSSR count). The fourth-order valence-electron chi connectivity index (χ4n) is 1.22. The summed E-state index contributed by atoms with van der Waals surface area (Å²) < 4.78 is 39.9. The molecule has 0 fully saturated rings. The number of carbonyl (C=O) groups is 2. The number of rotatable bonds is 3. The Bertz CT molecular complexity index is 469. The molecule has 0 bridgehead atoms. The predicted octanol–water partition coefficient (Wildman–Crippen LogP) is 3.25. The molecule has 17 heavy (non-hydrogen) atoms. The summed E-state index contributed by atoms with van der Waals surface area (Å²) in [6.45, 7) is 1.05. The lowest BCUT2D eigenvalue weighted by molar-refractivity contribution is -0.274. The Hall–Kier alpha value is -1.56. The van der Waals surface area contributed by atoms with Gasteiger partial charge in [0, 0.05) is 5.56 Å². The Kier molecular flexibility index (Phi) is 3.77. The summed E-state index contributed by atoms with van der Waals surface area (Å²) >= 11 is 5.61. The van der Waals surface area contributed by atoms with Gasteiger partial charge in [-0.05, 0) is 19.1 Å². The number of ether oxygens (including phenoxy) is 1. The minimum absolute atomic E-state index is 0.112. The van der Waals surface area contributed by atoms with Crippen molar-refractivity contribution < 1.29 is 27.5 Å². The van der Waals surface area contributed by atoms with Crippen LogP contribution in [0.3, 0.4) is 0 Å². The highest BCUT2D eigenvalue weighted by Crippen LogP contribution is 2.32. The molecule has 0 unspecified atom stereocenters. The number of aldehydes is 1. The van der Waals surface area contributed by atoms with Gasteiger partial charge in [-0.25, -0.2) is 0 Å². The van der Waals surface area contributed by atoms with Gasteiger partial charge in [-0.2, -0.15) is 0 Å². The highest BCUT2D eigenvalue weighted by atomic mass is 35.5. The number of hydrogen-bond donors (Lipinski definition) is 0. The lowest BCUT2D eigenvalue weighted by Crippen LogP contribution is -2.19. The first-order valence-electron chi connectivity index (χ1n) is 4.30. The smallest absolute Gasteiger partial charge is 0.405 e. The Morgan fingerprint density at radius 3 is 2.41 bits per heavy atom. The van der Waals surface area contributed by atoms with Gasteiger partial charge in [-0.15, -0.1) is 13.2 Å². The van der Waals surface area contributed by atoms with Gasteiger partial charge in [0.05, 0.1) is 10.6 Å². The molecule has 0 aliphatic heterocycles. The number of ketones is 1. The van der Waals surface area contributed by atoms with Crippen molar-refractivity contribution in [3.05, 3.63) is 28.3 Å². The fraction of sp³-hybridized carbons (Fsp3) is 0.200. The molecule has 0 spiro atoms. The normalized spacial score (nSPS) is 11.1. The van der Waals surface area contributed by atoms with Crippen LogP contribution in [0.5, 0.6) is 5.75 Å². The van der Waals surface area contributed by atoms with Crippen molar-refractivity contribution in [3.63, 3.8) is 0 Å². The van der Waals surface area contributed by atoms with E-state index in [0.29, 0.717) is 6.29 Å². The van der Waals surface area contributed by atoms with Gasteiger partial charge in [-0.3, -0.25) is 9.59 Å². The third-order valence-corrected chi connectivity index (χ3v) is 2.09. The molecule has 0 amide bonds. The van der Waals surface area contributed by atoms with Crippen molar-refractivity contribution in [2.45, 2.75) is 13.3 Å². The molecular formula is C10H6ClF3O3. The molecule has 0 radical (unpaired) electrons. The van der Waals surface area contributed by atoms with E-state index in [-0.39, 0.29) is 10.6 Å². The summed E-state index contributed by atoms with van der Waals surface area (Å²) in [5.74, 6) is -1.47. The van der Waals surface area contributed by atoms with Gasteiger partial charge in [0.1, 0.15) is 12.0 Å². The predicted molar refractivity (Wildman–Crippen MR) is 53.5 cm³/mol. The van der Waals surface area contributed by atoms with E-state index >= 15 is 0 Å². The average molecular weight is 267 g/mol. The largest absolute Gasteiger partial charge is 0.573 e. The van der Waals surface area contributed by atoms with E-state index in [1.165, 1.54) is 0 Å². The number of carbonyl (C=O) groups excluding carboxylic acids is 2. The van der Waals surface area contributed by atoms with Gasteiger partial charge in [0.15, 0.2) is 5.78 Å². The molecule has 0 atom stereocenters. The Morgan fingerprint density at radius 2 is 2.00 bits per heavy atom. The van der Waals surface area contributed by atoms with Gasteiger partial charge < -0.3 is 4.74 Å². The van der Waals surface area contributed by atoms with Crippen LogP contribution in [0.25, 0.3) is 0 Å². The Labute approximate surface area is 99.1 Å². The van der Waals surface area contributed by atoms with Crippen molar-refractivity contribution in [2.75, 3.05) is 0 Å². The first-order valence-corrected chi connectivity index (χ1v) is 4.68. The first-order chi connectivity index (χ1) is 7.74. The number of Topliss-reactive ketones (excluding diaryl/α,β-unsaturated/α-hetero) is 1. The maximum Gasteiger partial charge on any atom is 0.573 e. The lowest BCUT2D eigenvalue weighted by atomic mass is 10.1. The molecule has 0 heterocycles. The van der Waals surface area contributed by atoms with Crippen LogP contribution >= 0.6 is 11.6 Å². The van der Waals surface area contributed by atoms with Crippen molar-refractivity contribution in [1.29, 1.82) is 0 Å². The summed E-state index contributed by atoms with van der Waals surface area (Å²) in [5, 5.41) is -0.263. The molecule has 0 aromatic heterocycles. The summed E-state index contributed by atoms with van der Waals surface area (Å²) in [5.41, 5.74) is -0.520. The van der Waals surface area contributed by atoms with E-state index < -0.39 is 23.5 Å². The number of hydrogen-bond acceptors (Lipinski definition) is 3. The molecule has 0 saturated carbocycles. The zero-order chi connectivity index (χ0) is 13.2. The van der Waals surface area contributed by atoms with E-state index in [1.54, 1.807) is 0 Å². The van der Waals surface area contributed by atoms with E-state index in [0.717, 1.165) is 19.1 Å². The van der Waals surface area contributed by atoms with Crippen LogP contribution in [0, 0.1) is 0 Å². The van der Waals surface area contributed by atoms with Crippen LogP contribution in [-0.4, -0.2) is 18.4 Å². The highest BCUT2D eigenvalue weighted by molar-refractivity contribution is 6.34. The third kappa shape index (κ3) is 3.45. The molecule has 0 aliphatic carbocycles. The van der Waals surface area contributed by atoms with Crippen LogP contribution in [0.15, 0.2) is 12.1 Å². The van der Waals surface area contributed by atoms with Crippen molar-refractivity contribution in [1.82, 2.24) is 0 Å². The van der Waals surface area contributed by atoms with Crippen molar-refractivity contribution in [3.8, 4) is 5.75 Å². The van der Waals surface area contributed by atoms with Gasteiger partial charge in [-0.1, -0.05) is 11.6 Å². The average Bonchev–Trinajstić information content (AvgIpc) is 2.13. The van der Waals surface area contributed by atoms with Crippen LogP contribution in [0.1, 0.15) is 27.6 Å². The number of benzene rings is 1. The monoisotopic (exact) mass is 266 g/mol. The minimum atomic E-state index is -4.96. The minimum Gasteiger partial charge on any atom is -0.405 e.